The molecule has 1 aromatic rings. The Bertz CT molecular complexity index is 461. The molecule has 0 spiro atoms. The second-order valence-electron chi connectivity index (χ2n) is 4.36. The van der Waals surface area contributed by atoms with E-state index in [2.05, 4.69) is 0 Å². The van der Waals surface area contributed by atoms with Crippen LogP contribution in [0.1, 0.15) is 16.8 Å². The molecule has 0 radical (unpaired) electrons. The Morgan fingerprint density at radius 1 is 1.44 bits per heavy atom. The first kappa shape index (κ1) is 12.8. The monoisotopic (exact) mass is 268 g/mol. The van der Waals surface area contributed by atoms with Crippen molar-refractivity contribution in [2.45, 2.75) is 6.42 Å². The predicted molar refractivity (Wildman–Crippen MR) is 67.8 cm³/mol. The molecule has 1 aliphatic rings. The van der Waals surface area contributed by atoms with Crippen LogP contribution in [0.25, 0.3) is 0 Å². The third-order valence-corrected chi connectivity index (χ3v) is 3.55. The molecule has 5 nitrogen and oxygen atoms in total. The number of amides is 1. The Kier molecular flexibility index (Phi) is 3.81. The molecule has 1 unspecified atom stereocenters. The number of nitrogens with zero attached hydrogens (tertiary/aromatic N) is 2. The van der Waals surface area contributed by atoms with Crippen LogP contribution in [0, 0.1) is 16.0 Å². The summed E-state index contributed by atoms with van der Waals surface area (Å²) in [5.74, 6) is 0.829. The minimum Gasteiger partial charge on any atom is -0.338 e. The highest BCUT2D eigenvalue weighted by Gasteiger charge is 2.26. The number of hydrogen-bond acceptors (Lipinski definition) is 3. The van der Waals surface area contributed by atoms with E-state index in [1.807, 2.05) is 0 Å². The van der Waals surface area contributed by atoms with Gasteiger partial charge >= 0.3 is 0 Å². The quantitative estimate of drug-likeness (QED) is 0.480. The highest BCUT2D eigenvalue weighted by molar-refractivity contribution is 6.18. The number of halogens is 1. The molecule has 2 rings (SSSR count). The number of hydrogen-bond donors (Lipinski definition) is 0. The molecule has 1 atom stereocenters. The van der Waals surface area contributed by atoms with E-state index in [0.717, 1.165) is 6.42 Å². The molecule has 18 heavy (non-hydrogen) atoms. The van der Waals surface area contributed by atoms with Gasteiger partial charge in [0.05, 0.1) is 4.92 Å². The Balaban J connectivity index is 2.07. The van der Waals surface area contributed by atoms with Crippen LogP contribution in [0.4, 0.5) is 5.69 Å². The summed E-state index contributed by atoms with van der Waals surface area (Å²) in [6.45, 7) is 1.37. The number of rotatable bonds is 3. The van der Waals surface area contributed by atoms with Gasteiger partial charge in [0.2, 0.25) is 0 Å². The third kappa shape index (κ3) is 2.61. The SMILES string of the molecule is O=C(c1ccc([N+](=O)[O-])cc1)N1CCC(CCl)C1. The van der Waals surface area contributed by atoms with Gasteiger partial charge in [-0.1, -0.05) is 0 Å². The molecule has 1 aliphatic heterocycles. The number of non-ortho nitro benzene ring substituents is 1. The average Bonchev–Trinajstić information content (AvgIpc) is 2.86. The molecule has 1 amide bonds. The Hall–Kier alpha value is -1.62. The van der Waals surface area contributed by atoms with Gasteiger partial charge in [0.15, 0.2) is 0 Å². The smallest absolute Gasteiger partial charge is 0.269 e. The van der Waals surface area contributed by atoms with E-state index in [0.29, 0.717) is 30.5 Å². The summed E-state index contributed by atoms with van der Waals surface area (Å²) in [6, 6.07) is 5.69. The van der Waals surface area contributed by atoms with E-state index in [1.54, 1.807) is 4.90 Å². The molecule has 1 heterocycles. The molecule has 1 saturated heterocycles. The zero-order valence-corrected chi connectivity index (χ0v) is 10.5. The van der Waals surface area contributed by atoms with Crippen molar-refractivity contribution < 1.29 is 9.72 Å². The van der Waals surface area contributed by atoms with Crippen molar-refractivity contribution in [3.63, 3.8) is 0 Å². The van der Waals surface area contributed by atoms with E-state index < -0.39 is 4.92 Å². The van der Waals surface area contributed by atoms with Crippen LogP contribution in [-0.4, -0.2) is 34.7 Å². The summed E-state index contributed by atoms with van der Waals surface area (Å²) < 4.78 is 0. The normalized spacial score (nSPS) is 18.9. The van der Waals surface area contributed by atoms with Gasteiger partial charge < -0.3 is 4.90 Å². The van der Waals surface area contributed by atoms with Crippen LogP contribution in [-0.2, 0) is 0 Å². The fraction of sp³-hybridized carbons (Fsp3) is 0.417. The molecule has 1 fully saturated rings. The van der Waals surface area contributed by atoms with E-state index in [-0.39, 0.29) is 11.6 Å². The van der Waals surface area contributed by atoms with Crippen LogP contribution in [0.3, 0.4) is 0 Å². The summed E-state index contributed by atoms with van der Waals surface area (Å²) in [5.41, 5.74) is 0.474. The second kappa shape index (κ2) is 5.35. The van der Waals surface area contributed by atoms with Crippen molar-refractivity contribution in [1.29, 1.82) is 0 Å². The van der Waals surface area contributed by atoms with Crippen LogP contribution in [0.5, 0.6) is 0 Å². The molecular weight excluding hydrogens is 256 g/mol. The highest BCUT2D eigenvalue weighted by atomic mass is 35.5. The molecule has 96 valence electrons. The lowest BCUT2D eigenvalue weighted by Gasteiger charge is -2.15. The maximum absolute atomic E-state index is 12.1. The number of carbonyl (C=O) groups excluding carboxylic acids is 1. The summed E-state index contributed by atoms with van der Waals surface area (Å²) in [7, 11) is 0. The first-order chi connectivity index (χ1) is 8.61. The van der Waals surface area contributed by atoms with E-state index in [9.17, 15) is 14.9 Å². The highest BCUT2D eigenvalue weighted by Crippen LogP contribution is 2.20. The van der Waals surface area contributed by atoms with Crippen molar-refractivity contribution in [1.82, 2.24) is 4.90 Å². The summed E-state index contributed by atoms with van der Waals surface area (Å²) in [6.07, 6.45) is 0.919. The van der Waals surface area contributed by atoms with Gasteiger partial charge in [-0.3, -0.25) is 14.9 Å². The molecular formula is C12H13ClN2O3. The van der Waals surface area contributed by atoms with E-state index in [4.69, 9.17) is 11.6 Å². The molecule has 0 aliphatic carbocycles. The minimum absolute atomic E-state index is 0.00777. The van der Waals surface area contributed by atoms with Crippen molar-refractivity contribution in [2.24, 2.45) is 5.92 Å². The molecule has 0 saturated carbocycles. The second-order valence-corrected chi connectivity index (χ2v) is 4.67. The van der Waals surface area contributed by atoms with Crippen LogP contribution in [0.15, 0.2) is 24.3 Å². The van der Waals surface area contributed by atoms with Gasteiger partial charge in [-0.15, -0.1) is 11.6 Å². The summed E-state index contributed by atoms with van der Waals surface area (Å²) in [5, 5.41) is 10.5. The zero-order chi connectivity index (χ0) is 13.1. The van der Waals surface area contributed by atoms with Gasteiger partial charge in [0.1, 0.15) is 0 Å². The number of nitro benzene ring substituents is 1. The number of nitro groups is 1. The van der Waals surface area contributed by atoms with Crippen molar-refractivity contribution in [2.75, 3.05) is 19.0 Å². The first-order valence-electron chi connectivity index (χ1n) is 5.71. The molecule has 1 aromatic carbocycles. The van der Waals surface area contributed by atoms with Crippen molar-refractivity contribution >= 4 is 23.2 Å². The van der Waals surface area contributed by atoms with Crippen LogP contribution < -0.4 is 0 Å². The Morgan fingerprint density at radius 3 is 2.61 bits per heavy atom. The van der Waals surface area contributed by atoms with Gasteiger partial charge in [-0.05, 0) is 24.5 Å². The largest absolute Gasteiger partial charge is 0.338 e. The molecule has 6 heteroatoms. The number of carbonyl (C=O) groups is 1. The van der Waals surface area contributed by atoms with Gasteiger partial charge in [0, 0.05) is 36.7 Å². The van der Waals surface area contributed by atoms with Crippen LogP contribution in [0.2, 0.25) is 0 Å². The Labute approximate surface area is 109 Å². The standard InChI is InChI=1S/C12H13ClN2O3/c13-7-9-5-6-14(8-9)12(16)10-1-3-11(4-2-10)15(17)18/h1-4,9H,5-8H2. The molecule has 0 bridgehead atoms. The number of benzene rings is 1. The third-order valence-electron chi connectivity index (χ3n) is 3.12. The predicted octanol–water partition coefficient (Wildman–Crippen LogP) is 2.30. The topological polar surface area (TPSA) is 63.4 Å². The fourth-order valence-corrected chi connectivity index (χ4v) is 2.30. The lowest BCUT2D eigenvalue weighted by atomic mass is 10.1. The summed E-state index contributed by atoms with van der Waals surface area (Å²) in [4.78, 5) is 23.9. The van der Waals surface area contributed by atoms with Crippen LogP contribution >= 0.6 is 11.6 Å². The van der Waals surface area contributed by atoms with Crippen molar-refractivity contribution in [3.05, 3.63) is 39.9 Å². The maximum Gasteiger partial charge on any atom is 0.269 e. The van der Waals surface area contributed by atoms with Gasteiger partial charge in [0.25, 0.3) is 11.6 Å². The molecule has 0 N–H and O–H groups in total. The van der Waals surface area contributed by atoms with E-state index in [1.165, 1.54) is 24.3 Å². The zero-order valence-electron chi connectivity index (χ0n) is 9.71. The molecule has 0 aromatic heterocycles. The minimum atomic E-state index is -0.479. The maximum atomic E-state index is 12.1. The van der Waals surface area contributed by atoms with E-state index >= 15 is 0 Å². The van der Waals surface area contributed by atoms with Crippen molar-refractivity contribution in [3.8, 4) is 0 Å². The van der Waals surface area contributed by atoms with Gasteiger partial charge in [-0.2, -0.15) is 0 Å². The first-order valence-corrected chi connectivity index (χ1v) is 6.25. The lowest BCUT2D eigenvalue weighted by molar-refractivity contribution is -0.384. The number of alkyl halides is 1. The fourth-order valence-electron chi connectivity index (χ4n) is 2.05. The lowest BCUT2D eigenvalue weighted by Crippen LogP contribution is -2.28. The average molecular weight is 269 g/mol. The van der Waals surface area contributed by atoms with Gasteiger partial charge in [-0.25, -0.2) is 0 Å². The Morgan fingerprint density at radius 2 is 2.11 bits per heavy atom. The number of likely N-dealkylation sites (tertiary alicyclic amines) is 1. The summed E-state index contributed by atoms with van der Waals surface area (Å²) >= 11 is 5.77.